The normalized spacial score (nSPS) is 11.7. The van der Waals surface area contributed by atoms with Crippen LogP contribution in [0.4, 0.5) is 0 Å². The summed E-state index contributed by atoms with van der Waals surface area (Å²) in [6, 6.07) is 50.3. The Morgan fingerprint density at radius 3 is 1.93 bits per heavy atom. The highest BCUT2D eigenvalue weighted by Crippen LogP contribution is 2.38. The Hall–Kier alpha value is -5.52. The highest BCUT2D eigenvalue weighted by Gasteiger charge is 2.18. The summed E-state index contributed by atoms with van der Waals surface area (Å²) in [4.78, 5) is 10.2. The van der Waals surface area contributed by atoms with Crippen molar-refractivity contribution in [3.8, 4) is 39.6 Å². The topological polar surface area (TPSA) is 43.9 Å². The van der Waals surface area contributed by atoms with Crippen molar-refractivity contribution in [1.29, 1.82) is 0 Å². The SMILES string of the molecule is Brc1cc(-c2cc(-c3cccc4c3oc3ccccc34)nc(-c3ccccc3)n2)cc(-n2c3ccccc3c3ccccc32)c1. The van der Waals surface area contributed by atoms with Crippen LogP contribution >= 0.6 is 15.9 Å². The van der Waals surface area contributed by atoms with Gasteiger partial charge < -0.3 is 8.98 Å². The lowest BCUT2D eigenvalue weighted by Crippen LogP contribution is -1.98. The zero-order valence-corrected chi connectivity index (χ0v) is 25.6. The van der Waals surface area contributed by atoms with Crippen LogP contribution in [0.3, 0.4) is 0 Å². The van der Waals surface area contributed by atoms with Gasteiger partial charge >= 0.3 is 0 Å². The maximum atomic E-state index is 6.43. The van der Waals surface area contributed by atoms with Crippen LogP contribution < -0.4 is 0 Å². The number of benzene rings is 6. The van der Waals surface area contributed by atoms with Crippen LogP contribution in [0.5, 0.6) is 0 Å². The van der Waals surface area contributed by atoms with Gasteiger partial charge in [-0.15, -0.1) is 0 Å². The second kappa shape index (κ2) is 10.3. The summed E-state index contributed by atoms with van der Waals surface area (Å²) in [6.45, 7) is 0. The van der Waals surface area contributed by atoms with Gasteiger partial charge in [-0.2, -0.15) is 0 Å². The molecule has 0 aliphatic rings. The Kier molecular flexibility index (Phi) is 5.93. The van der Waals surface area contributed by atoms with Crippen LogP contribution in [-0.4, -0.2) is 14.5 Å². The van der Waals surface area contributed by atoms with E-state index in [2.05, 4.69) is 130 Å². The largest absolute Gasteiger partial charge is 0.455 e. The summed E-state index contributed by atoms with van der Waals surface area (Å²) in [5.74, 6) is 0.662. The minimum Gasteiger partial charge on any atom is -0.455 e. The van der Waals surface area contributed by atoms with Gasteiger partial charge in [-0.3, -0.25) is 0 Å². The molecule has 3 heterocycles. The molecule has 0 N–H and O–H groups in total. The molecule has 0 aliphatic heterocycles. The van der Waals surface area contributed by atoms with Gasteiger partial charge in [0, 0.05) is 48.4 Å². The molecule has 0 unspecified atom stereocenters. The van der Waals surface area contributed by atoms with Crippen molar-refractivity contribution in [1.82, 2.24) is 14.5 Å². The summed E-state index contributed by atoms with van der Waals surface area (Å²) in [7, 11) is 0. The van der Waals surface area contributed by atoms with Crippen LogP contribution in [0.25, 0.3) is 83.3 Å². The van der Waals surface area contributed by atoms with Crippen LogP contribution in [0.15, 0.2) is 154 Å². The summed E-state index contributed by atoms with van der Waals surface area (Å²) in [5, 5.41) is 4.61. The molecule has 4 nitrogen and oxygen atoms in total. The summed E-state index contributed by atoms with van der Waals surface area (Å²) in [6.07, 6.45) is 0. The third kappa shape index (κ3) is 4.27. The molecule has 5 heteroatoms. The maximum absolute atomic E-state index is 6.43. The molecule has 0 amide bonds. The van der Waals surface area contributed by atoms with Crippen LogP contribution in [0.2, 0.25) is 0 Å². The van der Waals surface area contributed by atoms with Gasteiger partial charge in [-0.05, 0) is 48.5 Å². The molecule has 0 atom stereocenters. The molecule has 9 aromatic rings. The molecule has 0 saturated carbocycles. The lowest BCUT2D eigenvalue weighted by molar-refractivity contribution is 0.670. The molecule has 0 radical (unpaired) electrons. The van der Waals surface area contributed by atoms with Crippen LogP contribution in [0, 0.1) is 0 Å². The predicted octanol–water partition coefficient (Wildman–Crippen LogP) is 11.2. The molecule has 0 spiro atoms. The first-order valence-electron chi connectivity index (χ1n) is 14.9. The molecule has 0 fully saturated rings. The van der Waals surface area contributed by atoms with E-state index in [0.29, 0.717) is 5.82 Å². The third-order valence-corrected chi connectivity index (χ3v) is 8.91. The number of halogens is 1. The van der Waals surface area contributed by atoms with Crippen molar-refractivity contribution in [2.75, 3.05) is 0 Å². The Balaban J connectivity index is 1.29. The van der Waals surface area contributed by atoms with Crippen LogP contribution in [-0.2, 0) is 0 Å². The molecular formula is C40H24BrN3O. The van der Waals surface area contributed by atoms with E-state index in [1.165, 1.54) is 10.8 Å². The minimum atomic E-state index is 0.662. The smallest absolute Gasteiger partial charge is 0.160 e. The molecule has 212 valence electrons. The quantitative estimate of drug-likeness (QED) is 0.192. The Labute approximate surface area is 267 Å². The summed E-state index contributed by atoms with van der Waals surface area (Å²) < 4.78 is 9.72. The molecule has 0 bridgehead atoms. The van der Waals surface area contributed by atoms with Crippen molar-refractivity contribution in [2.24, 2.45) is 0 Å². The number of rotatable bonds is 4. The van der Waals surface area contributed by atoms with E-state index in [1.807, 2.05) is 36.4 Å². The zero-order valence-electron chi connectivity index (χ0n) is 24.0. The fourth-order valence-electron chi connectivity index (χ4n) is 6.45. The number of hydrogen-bond acceptors (Lipinski definition) is 3. The molecule has 9 rings (SSSR count). The van der Waals surface area contributed by atoms with Crippen LogP contribution in [0.1, 0.15) is 0 Å². The van der Waals surface area contributed by atoms with Gasteiger partial charge in [0.15, 0.2) is 5.82 Å². The zero-order chi connectivity index (χ0) is 29.9. The van der Waals surface area contributed by atoms with Crippen molar-refractivity contribution in [2.45, 2.75) is 0 Å². The van der Waals surface area contributed by atoms with Crippen molar-refractivity contribution in [3.63, 3.8) is 0 Å². The van der Waals surface area contributed by atoms with E-state index < -0.39 is 0 Å². The fourth-order valence-corrected chi connectivity index (χ4v) is 6.93. The first-order chi connectivity index (χ1) is 22.2. The van der Waals surface area contributed by atoms with E-state index in [-0.39, 0.29) is 0 Å². The highest BCUT2D eigenvalue weighted by atomic mass is 79.9. The Morgan fingerprint density at radius 1 is 0.511 bits per heavy atom. The average Bonchev–Trinajstić information content (AvgIpc) is 3.64. The van der Waals surface area contributed by atoms with E-state index in [4.69, 9.17) is 14.4 Å². The van der Waals surface area contributed by atoms with Gasteiger partial charge in [-0.1, -0.05) is 113 Å². The van der Waals surface area contributed by atoms with Gasteiger partial charge in [0.2, 0.25) is 0 Å². The number of para-hydroxylation sites is 4. The number of furan rings is 1. The first kappa shape index (κ1) is 25.9. The summed E-state index contributed by atoms with van der Waals surface area (Å²) >= 11 is 3.83. The van der Waals surface area contributed by atoms with Gasteiger partial charge in [-0.25, -0.2) is 9.97 Å². The van der Waals surface area contributed by atoms with Crippen molar-refractivity contribution in [3.05, 3.63) is 150 Å². The second-order valence-corrected chi connectivity index (χ2v) is 12.1. The number of nitrogens with zero attached hydrogens (tertiary/aromatic N) is 3. The molecule has 6 aromatic carbocycles. The summed E-state index contributed by atoms with van der Waals surface area (Å²) in [5.41, 5.74) is 9.56. The first-order valence-corrected chi connectivity index (χ1v) is 15.7. The monoisotopic (exact) mass is 641 g/mol. The van der Waals surface area contributed by atoms with E-state index in [0.717, 1.165) is 71.2 Å². The average molecular weight is 643 g/mol. The maximum Gasteiger partial charge on any atom is 0.160 e. The highest BCUT2D eigenvalue weighted by molar-refractivity contribution is 9.10. The molecule has 3 aromatic heterocycles. The lowest BCUT2D eigenvalue weighted by Gasteiger charge is -2.13. The minimum absolute atomic E-state index is 0.662. The molecule has 45 heavy (non-hydrogen) atoms. The van der Waals surface area contributed by atoms with Crippen molar-refractivity contribution >= 4 is 59.7 Å². The number of hydrogen-bond donors (Lipinski definition) is 0. The van der Waals surface area contributed by atoms with E-state index >= 15 is 0 Å². The van der Waals surface area contributed by atoms with E-state index in [9.17, 15) is 0 Å². The predicted molar refractivity (Wildman–Crippen MR) is 188 cm³/mol. The molecular weight excluding hydrogens is 618 g/mol. The number of aromatic nitrogens is 3. The van der Waals surface area contributed by atoms with Crippen molar-refractivity contribution < 1.29 is 4.42 Å². The molecule has 0 saturated heterocycles. The second-order valence-electron chi connectivity index (χ2n) is 11.2. The fraction of sp³-hybridized carbons (Fsp3) is 0. The van der Waals surface area contributed by atoms with Gasteiger partial charge in [0.1, 0.15) is 11.2 Å². The molecule has 0 aliphatic carbocycles. The van der Waals surface area contributed by atoms with E-state index in [1.54, 1.807) is 0 Å². The standard InChI is InChI=1S/C40H24BrN3O/c41-27-21-26(22-28(23-27)44-36-18-7-4-13-29(36)30-14-5-8-19-37(30)44)34-24-35(43-40(42-34)25-11-2-1-3-12-25)33-17-10-16-32-31-15-6-9-20-38(31)45-39(32)33/h1-24H. The Bertz CT molecular complexity index is 2510. The third-order valence-electron chi connectivity index (χ3n) is 8.45. The lowest BCUT2D eigenvalue weighted by atomic mass is 10.0. The van der Waals surface area contributed by atoms with Gasteiger partial charge in [0.05, 0.1) is 22.4 Å². The van der Waals surface area contributed by atoms with Gasteiger partial charge in [0.25, 0.3) is 0 Å². The Morgan fingerprint density at radius 2 is 1.16 bits per heavy atom. The number of fused-ring (bicyclic) bond motifs is 6.